The second-order valence-corrected chi connectivity index (χ2v) is 7.73. The molecular formula is C18H24O2. The van der Waals surface area contributed by atoms with Crippen molar-refractivity contribution in [3.8, 4) is 0 Å². The highest BCUT2D eigenvalue weighted by molar-refractivity contribution is 5.87. The van der Waals surface area contributed by atoms with Gasteiger partial charge in [0.15, 0.2) is 0 Å². The second kappa shape index (κ2) is 4.29. The van der Waals surface area contributed by atoms with E-state index in [4.69, 9.17) is 0 Å². The Morgan fingerprint density at radius 2 is 1.95 bits per heavy atom. The van der Waals surface area contributed by atoms with Gasteiger partial charge in [-0.2, -0.15) is 0 Å². The van der Waals surface area contributed by atoms with Gasteiger partial charge in [-0.25, -0.2) is 0 Å². The molecule has 0 aromatic rings. The summed E-state index contributed by atoms with van der Waals surface area (Å²) in [5.74, 6) is 3.70. The van der Waals surface area contributed by atoms with Crippen molar-refractivity contribution in [1.82, 2.24) is 0 Å². The lowest BCUT2D eigenvalue weighted by atomic mass is 9.53. The average Bonchev–Trinajstić information content (AvgIpc) is 2.74. The number of Topliss-reactive ketones (excluding diaryl/α,β-unsaturated/α-hetero) is 2. The van der Waals surface area contributed by atoms with Crippen LogP contribution in [0.2, 0.25) is 0 Å². The number of ketones is 2. The van der Waals surface area contributed by atoms with E-state index in [-0.39, 0.29) is 5.41 Å². The molecule has 3 fully saturated rings. The number of allylic oxidation sites excluding steroid dienone is 2. The summed E-state index contributed by atoms with van der Waals surface area (Å²) in [6, 6.07) is 0. The highest BCUT2D eigenvalue weighted by Gasteiger charge is 2.55. The lowest BCUT2D eigenvalue weighted by Crippen LogP contribution is -2.46. The van der Waals surface area contributed by atoms with Crippen molar-refractivity contribution in [2.75, 3.05) is 0 Å². The van der Waals surface area contributed by atoms with Crippen molar-refractivity contribution >= 4 is 11.6 Å². The molecule has 0 bridgehead atoms. The van der Waals surface area contributed by atoms with Crippen LogP contribution in [0.3, 0.4) is 0 Å². The van der Waals surface area contributed by atoms with E-state index >= 15 is 0 Å². The number of carbonyl (C=O) groups excluding carboxylic acids is 2. The summed E-state index contributed by atoms with van der Waals surface area (Å²) in [5.41, 5.74) is 1.42. The van der Waals surface area contributed by atoms with E-state index in [9.17, 15) is 9.59 Å². The average molecular weight is 272 g/mol. The Kier molecular flexibility index (Phi) is 2.74. The zero-order valence-corrected chi connectivity index (χ0v) is 12.4. The molecule has 2 heteroatoms. The maximum atomic E-state index is 12.3. The van der Waals surface area contributed by atoms with E-state index < -0.39 is 0 Å². The minimum absolute atomic E-state index is 0.0169. The molecule has 4 aliphatic rings. The van der Waals surface area contributed by atoms with Crippen molar-refractivity contribution in [3.05, 3.63) is 11.6 Å². The minimum Gasteiger partial charge on any atom is -0.299 e. The van der Waals surface area contributed by atoms with Gasteiger partial charge in [-0.15, -0.1) is 0 Å². The predicted molar refractivity (Wildman–Crippen MR) is 77.1 cm³/mol. The number of hydrogen-bond acceptors (Lipinski definition) is 2. The van der Waals surface area contributed by atoms with Crippen LogP contribution in [0, 0.1) is 29.1 Å². The first kappa shape index (κ1) is 12.8. The van der Waals surface area contributed by atoms with Crippen LogP contribution in [0.25, 0.3) is 0 Å². The Morgan fingerprint density at radius 1 is 1.10 bits per heavy atom. The summed E-state index contributed by atoms with van der Waals surface area (Å²) < 4.78 is 0. The monoisotopic (exact) mass is 272 g/mol. The first-order valence-electron chi connectivity index (χ1n) is 8.33. The molecule has 0 amide bonds. The fraction of sp³-hybridized carbons (Fsp3) is 0.778. The first-order valence-corrected chi connectivity index (χ1v) is 8.33. The van der Waals surface area contributed by atoms with Gasteiger partial charge in [0.25, 0.3) is 0 Å². The molecule has 0 aromatic carbocycles. The normalized spacial score (nSPS) is 47.4. The first-order chi connectivity index (χ1) is 9.59. The molecule has 0 unspecified atom stereocenters. The van der Waals surface area contributed by atoms with E-state index in [1.165, 1.54) is 12.0 Å². The number of hydrogen-bond donors (Lipinski definition) is 0. The highest BCUT2D eigenvalue weighted by Crippen LogP contribution is 2.59. The van der Waals surface area contributed by atoms with Crippen LogP contribution in [0.1, 0.15) is 58.3 Å². The summed E-state index contributed by atoms with van der Waals surface area (Å²) >= 11 is 0. The van der Waals surface area contributed by atoms with E-state index in [1.54, 1.807) is 0 Å². The smallest absolute Gasteiger partial charge is 0.139 e. The summed E-state index contributed by atoms with van der Waals surface area (Å²) in [4.78, 5) is 23.9. The third-order valence-electron chi connectivity index (χ3n) is 6.98. The van der Waals surface area contributed by atoms with Crippen molar-refractivity contribution < 1.29 is 9.59 Å². The molecule has 0 saturated heterocycles. The minimum atomic E-state index is -0.0169. The summed E-state index contributed by atoms with van der Waals surface area (Å²) in [6.07, 6.45) is 10.3. The van der Waals surface area contributed by atoms with Gasteiger partial charge < -0.3 is 0 Å². The molecule has 4 rings (SSSR count). The molecule has 0 heterocycles. The van der Waals surface area contributed by atoms with Gasteiger partial charge in [0, 0.05) is 24.7 Å². The Morgan fingerprint density at radius 3 is 2.80 bits per heavy atom. The lowest BCUT2D eigenvalue weighted by Gasteiger charge is -2.51. The third-order valence-corrected chi connectivity index (χ3v) is 6.98. The van der Waals surface area contributed by atoms with Crippen molar-refractivity contribution in [1.29, 1.82) is 0 Å². The fourth-order valence-electron chi connectivity index (χ4n) is 5.88. The largest absolute Gasteiger partial charge is 0.299 e. The maximum absolute atomic E-state index is 12.3. The Hall–Kier alpha value is -0.920. The van der Waals surface area contributed by atoms with E-state index in [2.05, 4.69) is 13.0 Å². The Labute approximate surface area is 121 Å². The Balaban J connectivity index is 1.65. The molecule has 108 valence electrons. The van der Waals surface area contributed by atoms with Gasteiger partial charge in [-0.1, -0.05) is 18.6 Å². The van der Waals surface area contributed by atoms with Crippen LogP contribution in [0.15, 0.2) is 11.6 Å². The fourth-order valence-corrected chi connectivity index (χ4v) is 5.88. The molecular weight excluding hydrogens is 248 g/mol. The van der Waals surface area contributed by atoms with Gasteiger partial charge in [-0.05, 0) is 55.8 Å². The van der Waals surface area contributed by atoms with Crippen LogP contribution in [-0.4, -0.2) is 11.6 Å². The molecule has 4 aliphatic carbocycles. The van der Waals surface area contributed by atoms with Crippen LogP contribution < -0.4 is 0 Å². The zero-order chi connectivity index (χ0) is 13.9. The van der Waals surface area contributed by atoms with Crippen LogP contribution in [0.5, 0.6) is 0 Å². The zero-order valence-electron chi connectivity index (χ0n) is 12.4. The molecule has 0 N–H and O–H groups in total. The van der Waals surface area contributed by atoms with Crippen molar-refractivity contribution in [3.63, 3.8) is 0 Å². The molecule has 5 atom stereocenters. The molecule has 0 aliphatic heterocycles. The van der Waals surface area contributed by atoms with Crippen LogP contribution in [0.4, 0.5) is 0 Å². The molecule has 0 radical (unpaired) electrons. The highest BCUT2D eigenvalue weighted by atomic mass is 16.1. The van der Waals surface area contributed by atoms with Crippen LogP contribution >= 0.6 is 0 Å². The number of rotatable bonds is 0. The predicted octanol–water partition coefficient (Wildman–Crippen LogP) is 3.70. The Bertz CT molecular complexity index is 504. The molecule has 0 spiro atoms. The molecule has 2 nitrogen and oxygen atoms in total. The SMILES string of the molecule is C[C@]12CC[C@H]3[C@@H](CC=C4CC(=O)CC[C@H]43)[C@@H]1CCC2=O. The molecule has 0 aromatic heterocycles. The quantitative estimate of drug-likeness (QED) is 0.630. The van der Waals surface area contributed by atoms with E-state index in [0.29, 0.717) is 29.3 Å². The van der Waals surface area contributed by atoms with Gasteiger partial charge in [0.05, 0.1) is 0 Å². The standard InChI is InChI=1S/C18H24O2/c1-18-9-8-14-13-5-3-12(19)10-11(13)2-4-15(14)16(18)6-7-17(18)20/h2,13-16H,3-10H2,1H3/t13-,14-,15-,16+,18+/m1/s1. The maximum Gasteiger partial charge on any atom is 0.139 e. The van der Waals surface area contributed by atoms with Gasteiger partial charge in [0.2, 0.25) is 0 Å². The van der Waals surface area contributed by atoms with Gasteiger partial charge in [-0.3, -0.25) is 9.59 Å². The molecule has 20 heavy (non-hydrogen) atoms. The third kappa shape index (κ3) is 1.63. The van der Waals surface area contributed by atoms with E-state index in [1.807, 2.05) is 0 Å². The second-order valence-electron chi connectivity index (χ2n) is 7.73. The number of fused-ring (bicyclic) bond motifs is 5. The lowest BCUT2D eigenvalue weighted by molar-refractivity contribution is -0.130. The number of carbonyl (C=O) groups is 2. The van der Waals surface area contributed by atoms with E-state index in [0.717, 1.165) is 50.9 Å². The summed E-state index contributed by atoms with van der Waals surface area (Å²) in [7, 11) is 0. The van der Waals surface area contributed by atoms with Gasteiger partial charge >= 0.3 is 0 Å². The van der Waals surface area contributed by atoms with Crippen molar-refractivity contribution in [2.45, 2.75) is 58.3 Å². The van der Waals surface area contributed by atoms with Crippen LogP contribution in [-0.2, 0) is 9.59 Å². The topological polar surface area (TPSA) is 34.1 Å². The molecule has 3 saturated carbocycles. The summed E-state index contributed by atoms with van der Waals surface area (Å²) in [6.45, 7) is 2.23. The van der Waals surface area contributed by atoms with Gasteiger partial charge in [0.1, 0.15) is 11.6 Å². The summed E-state index contributed by atoms with van der Waals surface area (Å²) in [5, 5.41) is 0. The van der Waals surface area contributed by atoms with Crippen molar-refractivity contribution in [2.24, 2.45) is 29.1 Å².